The maximum atomic E-state index is 12.1. The van der Waals surface area contributed by atoms with Crippen LogP contribution in [0.5, 0.6) is 11.5 Å². The van der Waals surface area contributed by atoms with Gasteiger partial charge in [-0.05, 0) is 36.1 Å². The predicted molar refractivity (Wildman–Crippen MR) is 82.1 cm³/mol. The zero-order valence-corrected chi connectivity index (χ0v) is 12.9. The summed E-state index contributed by atoms with van der Waals surface area (Å²) >= 11 is 1.67. The molecular weight excluding hydrogens is 276 g/mol. The van der Waals surface area contributed by atoms with E-state index >= 15 is 0 Å². The minimum Gasteiger partial charge on any atom is -0.504 e. The van der Waals surface area contributed by atoms with Crippen molar-refractivity contribution in [1.29, 1.82) is 0 Å². The Morgan fingerprint density at radius 3 is 2.85 bits per heavy atom. The Hall–Kier alpha value is -1.40. The van der Waals surface area contributed by atoms with E-state index in [0.717, 1.165) is 11.3 Å². The van der Waals surface area contributed by atoms with Crippen LogP contribution in [0.15, 0.2) is 18.2 Å². The number of carbonyl (C=O) groups is 1. The number of rotatable bonds is 7. The molecule has 0 heterocycles. The normalized spacial score (nSPS) is 12.0. The molecule has 0 spiro atoms. The van der Waals surface area contributed by atoms with Gasteiger partial charge in [0.25, 0.3) is 0 Å². The number of hydrogen-bond acceptors (Lipinski definition) is 5. The van der Waals surface area contributed by atoms with E-state index in [1.165, 1.54) is 7.11 Å². The van der Waals surface area contributed by atoms with Crippen LogP contribution in [0, 0.1) is 0 Å². The number of thioether (sulfide) groups is 1. The molecule has 0 radical (unpaired) electrons. The minimum absolute atomic E-state index is 0.0777. The number of carbonyl (C=O) groups excluding carboxylic acids is 1. The Bertz CT molecular complexity index is 454. The van der Waals surface area contributed by atoms with E-state index in [9.17, 15) is 9.90 Å². The lowest BCUT2D eigenvalue weighted by molar-refractivity contribution is -0.131. The standard InChI is InChI=1S/C14H22N2O3S/c1-16(14(18)11(15)6-7-20-3)9-10-4-5-12(17)13(8-10)19-2/h4-5,8,11,17H,6-7,9,15H2,1-3H3/t11-/m1/s1. The van der Waals surface area contributed by atoms with Crippen LogP contribution in [0.3, 0.4) is 0 Å². The number of nitrogens with two attached hydrogens (primary N) is 1. The van der Waals surface area contributed by atoms with Crippen molar-refractivity contribution in [2.24, 2.45) is 5.73 Å². The topological polar surface area (TPSA) is 75.8 Å². The quantitative estimate of drug-likeness (QED) is 0.796. The maximum absolute atomic E-state index is 12.1. The van der Waals surface area contributed by atoms with Gasteiger partial charge in [-0.2, -0.15) is 11.8 Å². The molecule has 1 atom stereocenters. The smallest absolute Gasteiger partial charge is 0.239 e. The number of aromatic hydroxyl groups is 1. The summed E-state index contributed by atoms with van der Waals surface area (Å²) in [6.07, 6.45) is 2.66. The van der Waals surface area contributed by atoms with Crippen LogP contribution in [-0.4, -0.2) is 48.1 Å². The molecule has 0 aliphatic heterocycles. The molecule has 0 bridgehead atoms. The van der Waals surface area contributed by atoms with Gasteiger partial charge in [0, 0.05) is 13.6 Å². The van der Waals surface area contributed by atoms with Crippen LogP contribution in [0.2, 0.25) is 0 Å². The molecule has 0 saturated heterocycles. The number of phenols is 1. The third-order valence-corrected chi connectivity index (χ3v) is 3.63. The van der Waals surface area contributed by atoms with E-state index in [1.54, 1.807) is 41.9 Å². The molecule has 0 aromatic heterocycles. The fourth-order valence-corrected chi connectivity index (χ4v) is 2.31. The first kappa shape index (κ1) is 16.7. The van der Waals surface area contributed by atoms with Gasteiger partial charge in [-0.1, -0.05) is 6.07 Å². The second-order valence-corrected chi connectivity index (χ2v) is 5.57. The number of phenolic OH excluding ortho intramolecular Hbond substituents is 1. The number of benzene rings is 1. The van der Waals surface area contributed by atoms with Gasteiger partial charge in [0.05, 0.1) is 13.2 Å². The van der Waals surface area contributed by atoms with Crippen LogP contribution in [0.25, 0.3) is 0 Å². The molecule has 0 saturated carbocycles. The third kappa shape index (κ3) is 4.61. The number of likely N-dealkylation sites (N-methyl/N-ethyl adjacent to an activating group) is 1. The Morgan fingerprint density at radius 2 is 2.25 bits per heavy atom. The summed E-state index contributed by atoms with van der Waals surface area (Å²) in [6.45, 7) is 0.433. The lowest BCUT2D eigenvalue weighted by Gasteiger charge is -2.21. The number of amides is 1. The van der Waals surface area contributed by atoms with Gasteiger partial charge in [0.15, 0.2) is 11.5 Å². The first-order valence-corrected chi connectivity index (χ1v) is 7.74. The predicted octanol–water partition coefficient (Wildman–Crippen LogP) is 1.44. The number of methoxy groups -OCH3 is 1. The van der Waals surface area contributed by atoms with E-state index < -0.39 is 6.04 Å². The van der Waals surface area contributed by atoms with Crippen molar-refractivity contribution in [3.8, 4) is 11.5 Å². The average molecular weight is 298 g/mol. The first-order valence-electron chi connectivity index (χ1n) is 6.35. The van der Waals surface area contributed by atoms with Gasteiger partial charge in [-0.15, -0.1) is 0 Å². The molecule has 5 nitrogen and oxygen atoms in total. The minimum atomic E-state index is -0.466. The van der Waals surface area contributed by atoms with Gasteiger partial charge in [0.2, 0.25) is 5.91 Å². The highest BCUT2D eigenvalue weighted by molar-refractivity contribution is 7.98. The fraction of sp³-hybridized carbons (Fsp3) is 0.500. The maximum Gasteiger partial charge on any atom is 0.239 e. The highest BCUT2D eigenvalue weighted by atomic mass is 32.2. The van der Waals surface area contributed by atoms with Gasteiger partial charge in [-0.3, -0.25) is 4.79 Å². The highest BCUT2D eigenvalue weighted by Crippen LogP contribution is 2.26. The van der Waals surface area contributed by atoms with Crippen molar-refractivity contribution in [2.75, 3.05) is 26.2 Å². The molecule has 6 heteroatoms. The molecule has 0 aliphatic carbocycles. The Balaban J connectivity index is 2.65. The first-order chi connectivity index (χ1) is 9.49. The van der Waals surface area contributed by atoms with Crippen molar-refractivity contribution >= 4 is 17.7 Å². The lowest BCUT2D eigenvalue weighted by Crippen LogP contribution is -2.41. The summed E-state index contributed by atoms with van der Waals surface area (Å²) in [5.74, 6) is 1.27. The molecule has 1 rings (SSSR count). The molecule has 1 amide bonds. The molecule has 3 N–H and O–H groups in total. The summed E-state index contributed by atoms with van der Waals surface area (Å²) in [6, 6.07) is 4.56. The van der Waals surface area contributed by atoms with Gasteiger partial charge in [-0.25, -0.2) is 0 Å². The molecule has 1 aromatic carbocycles. The number of hydrogen-bond donors (Lipinski definition) is 2. The number of ether oxygens (including phenoxy) is 1. The zero-order chi connectivity index (χ0) is 15.1. The summed E-state index contributed by atoms with van der Waals surface area (Å²) < 4.78 is 5.05. The molecule has 112 valence electrons. The van der Waals surface area contributed by atoms with Crippen LogP contribution < -0.4 is 10.5 Å². The van der Waals surface area contributed by atoms with Crippen LogP contribution >= 0.6 is 11.8 Å². The second-order valence-electron chi connectivity index (χ2n) is 4.59. The zero-order valence-electron chi connectivity index (χ0n) is 12.1. The van der Waals surface area contributed by atoms with Crippen molar-refractivity contribution in [1.82, 2.24) is 4.90 Å². The van der Waals surface area contributed by atoms with Crippen LogP contribution in [-0.2, 0) is 11.3 Å². The van der Waals surface area contributed by atoms with E-state index in [1.807, 2.05) is 6.26 Å². The second kappa shape index (κ2) is 8.01. The largest absolute Gasteiger partial charge is 0.504 e. The van der Waals surface area contributed by atoms with E-state index in [4.69, 9.17) is 10.5 Å². The molecule has 20 heavy (non-hydrogen) atoms. The summed E-state index contributed by atoms with van der Waals surface area (Å²) in [5, 5.41) is 9.54. The Morgan fingerprint density at radius 1 is 1.55 bits per heavy atom. The molecule has 0 fully saturated rings. The van der Waals surface area contributed by atoms with Crippen molar-refractivity contribution in [3.63, 3.8) is 0 Å². The van der Waals surface area contributed by atoms with Gasteiger partial charge in [0.1, 0.15) is 0 Å². The van der Waals surface area contributed by atoms with Crippen LogP contribution in [0.4, 0.5) is 0 Å². The highest BCUT2D eigenvalue weighted by Gasteiger charge is 2.18. The Labute approximate surface area is 124 Å². The monoisotopic (exact) mass is 298 g/mol. The van der Waals surface area contributed by atoms with E-state index in [2.05, 4.69) is 0 Å². The van der Waals surface area contributed by atoms with E-state index in [-0.39, 0.29) is 11.7 Å². The number of nitrogens with zero attached hydrogens (tertiary/aromatic N) is 1. The van der Waals surface area contributed by atoms with Crippen molar-refractivity contribution in [2.45, 2.75) is 19.0 Å². The third-order valence-electron chi connectivity index (χ3n) is 2.99. The molecule has 0 aliphatic rings. The lowest BCUT2D eigenvalue weighted by atomic mass is 10.1. The van der Waals surface area contributed by atoms with Crippen molar-refractivity contribution < 1.29 is 14.6 Å². The van der Waals surface area contributed by atoms with Crippen LogP contribution in [0.1, 0.15) is 12.0 Å². The van der Waals surface area contributed by atoms with Crippen molar-refractivity contribution in [3.05, 3.63) is 23.8 Å². The SMILES string of the molecule is COc1cc(CN(C)C(=O)[C@H](N)CCSC)ccc1O. The summed E-state index contributed by atoms with van der Waals surface area (Å²) in [5.41, 5.74) is 6.75. The van der Waals surface area contributed by atoms with E-state index in [0.29, 0.717) is 18.7 Å². The fourth-order valence-electron chi connectivity index (χ4n) is 1.82. The molecular formula is C14H22N2O3S. The molecule has 0 unspecified atom stereocenters. The van der Waals surface area contributed by atoms with Gasteiger partial charge < -0.3 is 20.5 Å². The molecule has 1 aromatic rings. The summed E-state index contributed by atoms with van der Waals surface area (Å²) in [7, 11) is 3.21. The van der Waals surface area contributed by atoms with Gasteiger partial charge >= 0.3 is 0 Å². The Kier molecular flexibility index (Phi) is 6.67. The summed E-state index contributed by atoms with van der Waals surface area (Å²) in [4.78, 5) is 13.7. The average Bonchev–Trinajstić information content (AvgIpc) is 2.45.